The van der Waals surface area contributed by atoms with Crippen LogP contribution in [0.2, 0.25) is 0 Å². The highest BCUT2D eigenvalue weighted by Crippen LogP contribution is 2.43. The van der Waals surface area contributed by atoms with Crippen molar-refractivity contribution in [1.29, 1.82) is 0 Å². The SMILES string of the molecule is CN1C(=O)C(=C2CCCC2)c2cc(S(=O)(=O)N3CCC(N4CCCCC4)CC3)ccc21. The lowest BCUT2D eigenvalue weighted by Crippen LogP contribution is -2.48. The van der Waals surface area contributed by atoms with Crippen LogP contribution in [0.5, 0.6) is 0 Å². The molecule has 4 aliphatic rings. The standard InChI is InChI=1S/C24H33N3O3S/c1-25-22-10-9-20(17-21(22)23(24(25)28)18-7-3-4-8-18)31(29,30)27-15-11-19(12-16-27)26-13-5-2-6-14-26/h9-10,17,19H,2-8,11-16H2,1H3. The highest BCUT2D eigenvalue weighted by molar-refractivity contribution is 7.89. The molecule has 7 heteroatoms. The third-order valence-corrected chi connectivity index (χ3v) is 9.54. The van der Waals surface area contributed by atoms with E-state index in [-0.39, 0.29) is 5.91 Å². The van der Waals surface area contributed by atoms with Crippen molar-refractivity contribution in [2.75, 3.05) is 38.1 Å². The summed E-state index contributed by atoms with van der Waals surface area (Å²) in [5, 5.41) is 0. The minimum atomic E-state index is -3.56. The number of likely N-dealkylation sites (tertiary alicyclic amines) is 1. The first kappa shape index (κ1) is 21.2. The van der Waals surface area contributed by atoms with E-state index in [9.17, 15) is 13.2 Å². The number of piperidine rings is 2. The van der Waals surface area contributed by atoms with Crippen molar-refractivity contribution in [3.05, 3.63) is 29.3 Å². The number of hydrogen-bond donors (Lipinski definition) is 0. The number of likely N-dealkylation sites (N-methyl/N-ethyl adjacent to an activating group) is 1. The maximum Gasteiger partial charge on any atom is 0.258 e. The summed E-state index contributed by atoms with van der Waals surface area (Å²) in [5.41, 5.74) is 3.55. The molecule has 0 bridgehead atoms. The zero-order chi connectivity index (χ0) is 21.6. The quantitative estimate of drug-likeness (QED) is 0.670. The molecule has 0 atom stereocenters. The van der Waals surface area contributed by atoms with Gasteiger partial charge in [-0.05, 0) is 82.7 Å². The number of fused-ring (bicyclic) bond motifs is 1. The van der Waals surface area contributed by atoms with Crippen LogP contribution in [0.4, 0.5) is 5.69 Å². The number of anilines is 1. The van der Waals surface area contributed by atoms with E-state index in [0.717, 1.165) is 68.4 Å². The number of amides is 1. The number of allylic oxidation sites excluding steroid dienone is 1. The molecule has 6 nitrogen and oxygen atoms in total. The molecule has 1 amide bonds. The van der Waals surface area contributed by atoms with Crippen molar-refractivity contribution in [2.24, 2.45) is 0 Å². The molecule has 0 unspecified atom stereocenters. The predicted molar refractivity (Wildman–Crippen MR) is 122 cm³/mol. The molecule has 0 aromatic heterocycles. The lowest BCUT2D eigenvalue weighted by molar-refractivity contribution is -0.112. The van der Waals surface area contributed by atoms with E-state index in [1.807, 2.05) is 6.07 Å². The molecule has 2 saturated heterocycles. The summed E-state index contributed by atoms with van der Waals surface area (Å²) in [4.78, 5) is 17.4. The predicted octanol–water partition coefficient (Wildman–Crippen LogP) is 3.63. The fourth-order valence-corrected chi connectivity index (χ4v) is 7.33. The molecular weight excluding hydrogens is 410 g/mol. The van der Waals surface area contributed by atoms with Crippen LogP contribution >= 0.6 is 0 Å². The number of nitrogens with zero attached hydrogens (tertiary/aromatic N) is 3. The van der Waals surface area contributed by atoms with Crippen molar-refractivity contribution in [3.8, 4) is 0 Å². The van der Waals surface area contributed by atoms with Gasteiger partial charge in [-0.2, -0.15) is 4.31 Å². The molecule has 1 saturated carbocycles. The van der Waals surface area contributed by atoms with Crippen molar-refractivity contribution in [1.82, 2.24) is 9.21 Å². The summed E-state index contributed by atoms with van der Waals surface area (Å²) < 4.78 is 28.6. The molecule has 0 N–H and O–H groups in total. The number of carbonyl (C=O) groups is 1. The van der Waals surface area contributed by atoms with Crippen LogP contribution in [0.15, 0.2) is 28.7 Å². The van der Waals surface area contributed by atoms with Crippen LogP contribution in [0.25, 0.3) is 5.57 Å². The maximum atomic E-state index is 13.5. The third-order valence-electron chi connectivity index (χ3n) is 7.65. The lowest BCUT2D eigenvalue weighted by atomic mass is 10.00. The van der Waals surface area contributed by atoms with Crippen LogP contribution in [0.1, 0.15) is 63.4 Å². The Bertz CT molecular complexity index is 995. The van der Waals surface area contributed by atoms with Gasteiger partial charge in [-0.25, -0.2) is 8.42 Å². The van der Waals surface area contributed by atoms with Crippen molar-refractivity contribution >= 4 is 27.2 Å². The van der Waals surface area contributed by atoms with Crippen LogP contribution < -0.4 is 4.90 Å². The summed E-state index contributed by atoms with van der Waals surface area (Å²) in [7, 11) is -1.78. The molecule has 3 heterocycles. The van der Waals surface area contributed by atoms with Crippen molar-refractivity contribution in [3.63, 3.8) is 0 Å². The molecule has 3 fully saturated rings. The second-order valence-corrected chi connectivity index (χ2v) is 11.4. The zero-order valence-corrected chi connectivity index (χ0v) is 19.3. The fraction of sp³-hybridized carbons (Fsp3) is 0.625. The van der Waals surface area contributed by atoms with E-state index >= 15 is 0 Å². The molecule has 5 rings (SSSR count). The Morgan fingerprint density at radius 3 is 2.26 bits per heavy atom. The molecule has 1 aromatic carbocycles. The Labute approximate surface area is 185 Å². The second-order valence-electron chi connectivity index (χ2n) is 9.46. The molecule has 1 aromatic rings. The third kappa shape index (κ3) is 3.74. The topological polar surface area (TPSA) is 60.9 Å². The van der Waals surface area contributed by atoms with Gasteiger partial charge in [-0.15, -0.1) is 0 Å². The Kier molecular flexibility index (Phi) is 5.69. The Morgan fingerprint density at radius 1 is 0.903 bits per heavy atom. The number of hydrogen-bond acceptors (Lipinski definition) is 4. The van der Waals surface area contributed by atoms with E-state index in [2.05, 4.69) is 4.90 Å². The number of sulfonamides is 1. The van der Waals surface area contributed by atoms with Gasteiger partial charge in [0.15, 0.2) is 0 Å². The van der Waals surface area contributed by atoms with Gasteiger partial charge in [0.1, 0.15) is 0 Å². The van der Waals surface area contributed by atoms with Crippen LogP contribution in [0, 0.1) is 0 Å². The average molecular weight is 444 g/mol. The van der Waals surface area contributed by atoms with Gasteiger partial charge in [-0.3, -0.25) is 4.79 Å². The van der Waals surface area contributed by atoms with Gasteiger partial charge in [-0.1, -0.05) is 12.0 Å². The summed E-state index contributed by atoms with van der Waals surface area (Å²) in [6, 6.07) is 5.75. The van der Waals surface area contributed by atoms with Gasteiger partial charge in [0.25, 0.3) is 5.91 Å². The van der Waals surface area contributed by atoms with Crippen LogP contribution in [-0.2, 0) is 14.8 Å². The number of carbonyl (C=O) groups excluding carboxylic acids is 1. The first-order valence-corrected chi connectivity index (χ1v) is 13.3. The summed E-state index contributed by atoms with van der Waals surface area (Å²) in [5.74, 6) is 0.00351. The first-order chi connectivity index (χ1) is 15.0. The maximum absolute atomic E-state index is 13.5. The molecule has 3 aliphatic heterocycles. The van der Waals surface area contributed by atoms with Gasteiger partial charge < -0.3 is 9.80 Å². The summed E-state index contributed by atoms with van der Waals surface area (Å²) in [6.45, 7) is 3.46. The van der Waals surface area contributed by atoms with E-state index in [1.165, 1.54) is 24.8 Å². The first-order valence-electron chi connectivity index (χ1n) is 11.9. The molecule has 0 spiro atoms. The highest BCUT2D eigenvalue weighted by Gasteiger charge is 2.36. The molecule has 31 heavy (non-hydrogen) atoms. The summed E-state index contributed by atoms with van der Waals surface area (Å²) >= 11 is 0. The Morgan fingerprint density at radius 2 is 1.58 bits per heavy atom. The monoisotopic (exact) mass is 443 g/mol. The smallest absolute Gasteiger partial charge is 0.258 e. The second kappa shape index (κ2) is 8.34. The normalized spacial score (nSPS) is 24.3. The van der Waals surface area contributed by atoms with E-state index in [4.69, 9.17) is 0 Å². The van der Waals surface area contributed by atoms with E-state index in [1.54, 1.807) is 28.4 Å². The highest BCUT2D eigenvalue weighted by atomic mass is 32.2. The fourth-order valence-electron chi connectivity index (χ4n) is 5.83. The zero-order valence-electron chi connectivity index (χ0n) is 18.5. The van der Waals surface area contributed by atoms with E-state index in [0.29, 0.717) is 24.0 Å². The Balaban J connectivity index is 1.38. The molecular formula is C24H33N3O3S. The van der Waals surface area contributed by atoms with Gasteiger partial charge in [0, 0.05) is 37.3 Å². The largest absolute Gasteiger partial charge is 0.311 e. The van der Waals surface area contributed by atoms with Crippen molar-refractivity contribution in [2.45, 2.75) is 68.7 Å². The van der Waals surface area contributed by atoms with Gasteiger partial charge in [0.05, 0.1) is 10.6 Å². The molecule has 0 radical (unpaired) electrons. The average Bonchev–Trinajstić information content (AvgIpc) is 3.41. The van der Waals surface area contributed by atoms with Gasteiger partial charge in [0.2, 0.25) is 10.0 Å². The summed E-state index contributed by atoms with van der Waals surface area (Å²) in [6.07, 6.45) is 9.74. The van der Waals surface area contributed by atoms with Gasteiger partial charge >= 0.3 is 0 Å². The van der Waals surface area contributed by atoms with Crippen molar-refractivity contribution < 1.29 is 13.2 Å². The molecule has 1 aliphatic carbocycles. The Hall–Kier alpha value is -1.70. The van der Waals surface area contributed by atoms with E-state index < -0.39 is 10.0 Å². The van der Waals surface area contributed by atoms with Crippen LogP contribution in [0.3, 0.4) is 0 Å². The number of benzene rings is 1. The van der Waals surface area contributed by atoms with Crippen LogP contribution in [-0.4, -0.2) is 62.8 Å². The lowest BCUT2D eigenvalue weighted by Gasteiger charge is -2.39. The number of rotatable bonds is 3. The minimum absolute atomic E-state index is 0.00351. The minimum Gasteiger partial charge on any atom is -0.311 e. The molecule has 168 valence electrons.